The first-order valence-corrected chi connectivity index (χ1v) is 19.8. The number of nitrogens with zero attached hydrogens (tertiary/aromatic N) is 1. The fraction of sp³-hybridized carbons (Fsp3) is 0.750. The van der Waals surface area contributed by atoms with E-state index in [9.17, 15) is 0 Å². The van der Waals surface area contributed by atoms with Crippen molar-refractivity contribution in [2.24, 2.45) is 0 Å². The number of rotatable bonds is 4. The molecule has 0 aromatic heterocycles. The number of hydrogen-bond acceptors (Lipinski definition) is 1. The first-order chi connectivity index (χ1) is 12.8. The highest BCUT2D eigenvalue weighted by molar-refractivity contribution is 7.04. The van der Waals surface area contributed by atoms with Crippen molar-refractivity contribution in [3.05, 3.63) is 28.8 Å². The molecule has 0 aliphatic rings. The standard InChI is InChI=1S/C24H47F2NSi3/c1-22(2,3)18-16-19(23(4,5)6)21(20(17-18)24(7,8)9)30(25,26)27(28(10,11)12)29(13,14)15/h16-17H,1-15H3. The first-order valence-electron chi connectivity index (χ1n) is 11.2. The van der Waals surface area contributed by atoms with Crippen LogP contribution in [0.1, 0.15) is 79.0 Å². The molecule has 30 heavy (non-hydrogen) atoms. The molecule has 0 saturated carbocycles. The van der Waals surface area contributed by atoms with Crippen LogP contribution in [-0.4, -0.2) is 29.3 Å². The summed E-state index contributed by atoms with van der Waals surface area (Å²) in [6, 6.07) is 4.19. The Morgan fingerprint density at radius 2 is 0.900 bits per heavy atom. The Balaban J connectivity index is 4.23. The van der Waals surface area contributed by atoms with E-state index >= 15 is 8.22 Å². The molecule has 0 saturated heterocycles. The van der Waals surface area contributed by atoms with Gasteiger partial charge in [-0.15, -0.1) is 0 Å². The van der Waals surface area contributed by atoms with E-state index < -0.39 is 25.4 Å². The molecule has 1 aromatic rings. The Bertz CT molecular complexity index is 719. The molecule has 0 radical (unpaired) electrons. The Morgan fingerprint density at radius 1 is 0.600 bits per heavy atom. The van der Waals surface area contributed by atoms with E-state index in [1.54, 1.807) is 0 Å². The van der Waals surface area contributed by atoms with E-state index in [0.29, 0.717) is 5.19 Å². The maximum absolute atomic E-state index is 17.0. The highest BCUT2D eigenvalue weighted by atomic mass is 28.5. The van der Waals surface area contributed by atoms with Crippen molar-refractivity contribution >= 4 is 30.6 Å². The highest BCUT2D eigenvalue weighted by Gasteiger charge is 2.58. The monoisotopic (exact) mass is 471 g/mol. The summed E-state index contributed by atoms with van der Waals surface area (Å²) in [7, 11) is -9.41. The fourth-order valence-corrected chi connectivity index (χ4v) is 21.8. The van der Waals surface area contributed by atoms with Crippen LogP contribution in [-0.2, 0) is 16.2 Å². The number of halogens is 2. The van der Waals surface area contributed by atoms with Crippen molar-refractivity contribution in [3.8, 4) is 0 Å². The molecule has 0 aliphatic carbocycles. The molecule has 1 nitrogen and oxygen atoms in total. The second kappa shape index (κ2) is 7.92. The molecule has 0 bridgehead atoms. The van der Waals surface area contributed by atoms with E-state index in [4.69, 9.17) is 0 Å². The van der Waals surface area contributed by atoms with Crippen LogP contribution in [0, 0.1) is 0 Å². The molecule has 0 atom stereocenters. The van der Waals surface area contributed by atoms with Crippen molar-refractivity contribution < 1.29 is 8.22 Å². The lowest BCUT2D eigenvalue weighted by molar-refractivity contribution is 0.521. The molecule has 0 spiro atoms. The SMILES string of the molecule is CC(C)(C)c1cc(C(C)(C)C)c([Si](F)(F)N([Si](C)(C)C)[Si](C)(C)C)c(C(C)(C)C)c1. The summed E-state index contributed by atoms with van der Waals surface area (Å²) in [5.74, 6) is 0. The van der Waals surface area contributed by atoms with Gasteiger partial charge in [-0.1, -0.05) is 114 Å². The van der Waals surface area contributed by atoms with Gasteiger partial charge in [0.1, 0.15) is 16.5 Å². The van der Waals surface area contributed by atoms with E-state index in [2.05, 4.69) is 114 Å². The average Bonchev–Trinajstić information content (AvgIpc) is 2.38. The van der Waals surface area contributed by atoms with Crippen LogP contribution in [0.3, 0.4) is 0 Å². The summed E-state index contributed by atoms with van der Waals surface area (Å²) >= 11 is 0. The van der Waals surface area contributed by atoms with E-state index in [-0.39, 0.29) is 16.2 Å². The van der Waals surface area contributed by atoms with Gasteiger partial charge in [0.05, 0.1) is 0 Å². The van der Waals surface area contributed by atoms with Crippen LogP contribution < -0.4 is 5.19 Å². The molecule has 0 unspecified atom stereocenters. The Hall–Kier alpha value is -0.309. The largest absolute Gasteiger partial charge is 0.528 e. The molecule has 0 heterocycles. The van der Waals surface area contributed by atoms with Crippen LogP contribution >= 0.6 is 0 Å². The minimum atomic E-state index is -4.91. The van der Waals surface area contributed by atoms with Crippen LogP contribution in [0.25, 0.3) is 0 Å². The average molecular weight is 472 g/mol. The molecule has 0 N–H and O–H groups in total. The van der Waals surface area contributed by atoms with Crippen molar-refractivity contribution in [2.75, 3.05) is 0 Å². The second-order valence-electron chi connectivity index (χ2n) is 13.9. The lowest BCUT2D eigenvalue weighted by Crippen LogP contribution is -2.74. The van der Waals surface area contributed by atoms with Crippen LogP contribution in [0.2, 0.25) is 39.3 Å². The zero-order chi connectivity index (χ0) is 24.3. The van der Waals surface area contributed by atoms with E-state index in [0.717, 1.165) is 16.7 Å². The maximum Gasteiger partial charge on any atom is 0.528 e. The summed E-state index contributed by atoms with van der Waals surface area (Å²) in [5, 5.41) is 0.389. The lowest BCUT2D eigenvalue weighted by atomic mass is 9.75. The topological polar surface area (TPSA) is 3.24 Å². The van der Waals surface area contributed by atoms with Gasteiger partial charge in [-0.05, 0) is 32.9 Å². The third kappa shape index (κ3) is 5.93. The molecule has 6 heteroatoms. The summed E-state index contributed by atoms with van der Waals surface area (Å²) in [6.45, 7) is 31.6. The third-order valence-electron chi connectivity index (χ3n) is 5.54. The maximum atomic E-state index is 17.0. The molecular formula is C24H47F2NSi3. The van der Waals surface area contributed by atoms with Crippen molar-refractivity contribution in [1.82, 2.24) is 3.90 Å². The minimum absolute atomic E-state index is 0.0907. The van der Waals surface area contributed by atoms with Gasteiger partial charge in [0.2, 0.25) is 0 Å². The Morgan fingerprint density at radius 3 is 1.10 bits per heavy atom. The van der Waals surface area contributed by atoms with Crippen LogP contribution in [0.5, 0.6) is 0 Å². The predicted molar refractivity (Wildman–Crippen MR) is 139 cm³/mol. The smallest absolute Gasteiger partial charge is 0.314 e. The third-order valence-corrected chi connectivity index (χ3v) is 19.7. The van der Waals surface area contributed by atoms with Gasteiger partial charge >= 0.3 is 8.90 Å². The number of benzene rings is 1. The molecule has 0 aliphatic heterocycles. The van der Waals surface area contributed by atoms with Crippen molar-refractivity contribution in [1.29, 1.82) is 0 Å². The quantitative estimate of drug-likeness (QED) is 0.322. The summed E-state index contributed by atoms with van der Waals surface area (Å²) in [4.78, 5) is 0. The van der Waals surface area contributed by atoms with Crippen molar-refractivity contribution in [2.45, 2.75) is 118 Å². The minimum Gasteiger partial charge on any atom is -0.314 e. The zero-order valence-corrected chi connectivity index (χ0v) is 25.4. The second-order valence-corrected chi connectivity index (χ2v) is 26.9. The molecule has 1 rings (SSSR count). The van der Waals surface area contributed by atoms with Gasteiger partial charge in [0, 0.05) is 5.19 Å². The van der Waals surface area contributed by atoms with Gasteiger partial charge in [0.25, 0.3) is 0 Å². The lowest BCUT2D eigenvalue weighted by Gasteiger charge is -2.48. The molecule has 0 amide bonds. The normalized spacial score (nSPS) is 15.1. The summed E-state index contributed by atoms with van der Waals surface area (Å²) in [5.41, 5.74) is 2.05. The van der Waals surface area contributed by atoms with E-state index in [1.165, 1.54) is 0 Å². The van der Waals surface area contributed by atoms with Gasteiger partial charge in [-0.25, -0.2) is 8.22 Å². The predicted octanol–water partition coefficient (Wildman–Crippen LogP) is 7.64. The fourth-order valence-electron chi connectivity index (χ4n) is 4.54. The van der Waals surface area contributed by atoms with Gasteiger partial charge in [-0.3, -0.25) is 0 Å². The Kier molecular flexibility index (Phi) is 7.32. The van der Waals surface area contributed by atoms with Gasteiger partial charge in [-0.2, -0.15) is 0 Å². The Labute approximate surface area is 189 Å². The highest BCUT2D eigenvalue weighted by Crippen LogP contribution is 2.38. The summed E-state index contributed by atoms with van der Waals surface area (Å²) < 4.78 is 35.7. The molecular weight excluding hydrogens is 425 g/mol. The van der Waals surface area contributed by atoms with Crippen LogP contribution in [0.15, 0.2) is 12.1 Å². The molecule has 0 fully saturated rings. The molecule has 1 aromatic carbocycles. The zero-order valence-electron chi connectivity index (χ0n) is 22.4. The summed E-state index contributed by atoms with van der Waals surface area (Å²) in [6.07, 6.45) is 0. The van der Waals surface area contributed by atoms with Crippen LogP contribution in [0.4, 0.5) is 8.22 Å². The van der Waals surface area contributed by atoms with E-state index in [1.807, 2.05) is 3.90 Å². The number of hydrogen-bond donors (Lipinski definition) is 0. The van der Waals surface area contributed by atoms with Crippen molar-refractivity contribution in [3.63, 3.8) is 0 Å². The molecule has 174 valence electrons. The first kappa shape index (κ1) is 27.7. The van der Waals surface area contributed by atoms with Gasteiger partial charge in [0.15, 0.2) is 0 Å². The van der Waals surface area contributed by atoms with Gasteiger partial charge < -0.3 is 3.90 Å².